The van der Waals surface area contributed by atoms with E-state index in [0.717, 1.165) is 22.4 Å². The number of methoxy groups -OCH3 is 2. The molecule has 24 heavy (non-hydrogen) atoms. The Labute approximate surface area is 139 Å². The quantitative estimate of drug-likeness (QED) is 0.676. The van der Waals surface area contributed by atoms with Gasteiger partial charge in [0.1, 0.15) is 18.4 Å². The molecule has 0 saturated carbocycles. The Bertz CT molecular complexity index is 844. The fourth-order valence-electron chi connectivity index (χ4n) is 2.51. The minimum absolute atomic E-state index is 0.366. The summed E-state index contributed by atoms with van der Waals surface area (Å²) in [6, 6.07) is 13.2. The van der Waals surface area contributed by atoms with E-state index in [4.69, 9.17) is 9.47 Å². The molecule has 6 nitrogen and oxygen atoms in total. The Morgan fingerprint density at radius 3 is 2.75 bits per heavy atom. The number of carbonyl (C=O) groups is 1. The summed E-state index contributed by atoms with van der Waals surface area (Å²) in [5, 5.41) is 4.12. The first kappa shape index (κ1) is 15.7. The van der Waals surface area contributed by atoms with Crippen molar-refractivity contribution in [2.24, 2.45) is 0 Å². The fourth-order valence-corrected chi connectivity index (χ4v) is 2.51. The molecule has 0 aliphatic rings. The average molecular weight is 323 g/mol. The summed E-state index contributed by atoms with van der Waals surface area (Å²) < 4.78 is 12.0. The van der Waals surface area contributed by atoms with E-state index in [2.05, 4.69) is 10.1 Å². The van der Waals surface area contributed by atoms with Gasteiger partial charge in [0.05, 0.1) is 26.3 Å². The van der Waals surface area contributed by atoms with E-state index in [-0.39, 0.29) is 5.97 Å². The smallest absolute Gasteiger partial charge is 0.337 e. The third-order valence-electron chi connectivity index (χ3n) is 3.67. The molecular weight excluding hydrogens is 306 g/mol. The number of hydrogen-bond acceptors (Lipinski definition) is 5. The molecule has 0 aliphatic carbocycles. The summed E-state index contributed by atoms with van der Waals surface area (Å²) in [6.07, 6.45) is 3.17. The molecule has 1 aromatic heterocycles. The third-order valence-corrected chi connectivity index (χ3v) is 3.67. The van der Waals surface area contributed by atoms with Crippen LogP contribution in [0.1, 0.15) is 15.9 Å². The van der Waals surface area contributed by atoms with Gasteiger partial charge in [0.2, 0.25) is 0 Å². The zero-order valence-electron chi connectivity index (χ0n) is 13.5. The van der Waals surface area contributed by atoms with Crippen LogP contribution < -0.4 is 4.74 Å². The predicted molar refractivity (Wildman–Crippen MR) is 88.9 cm³/mol. The maximum absolute atomic E-state index is 11.8. The van der Waals surface area contributed by atoms with Crippen LogP contribution in [-0.4, -0.2) is 35.0 Å². The van der Waals surface area contributed by atoms with E-state index in [1.165, 1.54) is 13.4 Å². The van der Waals surface area contributed by atoms with Crippen LogP contribution in [0.5, 0.6) is 5.75 Å². The molecule has 0 fully saturated rings. The normalized spacial score (nSPS) is 10.4. The van der Waals surface area contributed by atoms with Gasteiger partial charge in [-0.25, -0.2) is 14.5 Å². The number of nitrogens with zero attached hydrogens (tertiary/aromatic N) is 3. The van der Waals surface area contributed by atoms with Crippen molar-refractivity contribution in [3.63, 3.8) is 0 Å². The van der Waals surface area contributed by atoms with Crippen LogP contribution in [0.15, 0.2) is 55.1 Å². The molecule has 122 valence electrons. The minimum Gasteiger partial charge on any atom is -0.496 e. The molecule has 0 spiro atoms. The second-order valence-corrected chi connectivity index (χ2v) is 5.20. The van der Waals surface area contributed by atoms with Gasteiger partial charge in [-0.15, -0.1) is 0 Å². The Morgan fingerprint density at radius 1 is 1.17 bits per heavy atom. The Hall–Kier alpha value is -3.15. The van der Waals surface area contributed by atoms with Gasteiger partial charge in [-0.05, 0) is 35.4 Å². The lowest BCUT2D eigenvalue weighted by atomic mass is 10.00. The average Bonchev–Trinajstić information content (AvgIpc) is 3.14. The summed E-state index contributed by atoms with van der Waals surface area (Å²) in [7, 11) is 2.99. The maximum Gasteiger partial charge on any atom is 0.337 e. The molecule has 3 rings (SSSR count). The molecule has 2 aromatic carbocycles. The zero-order chi connectivity index (χ0) is 16.9. The Kier molecular flexibility index (Phi) is 4.56. The number of esters is 1. The topological polar surface area (TPSA) is 66.2 Å². The number of hydrogen-bond donors (Lipinski definition) is 0. The van der Waals surface area contributed by atoms with Gasteiger partial charge in [-0.2, -0.15) is 5.10 Å². The van der Waals surface area contributed by atoms with Crippen LogP contribution in [0.4, 0.5) is 0 Å². The molecule has 0 aliphatic heterocycles. The summed E-state index contributed by atoms with van der Waals surface area (Å²) in [4.78, 5) is 15.7. The van der Waals surface area contributed by atoms with Crippen molar-refractivity contribution in [1.82, 2.24) is 14.8 Å². The molecule has 0 amide bonds. The molecule has 3 aromatic rings. The van der Waals surface area contributed by atoms with E-state index < -0.39 is 0 Å². The second kappa shape index (κ2) is 6.95. The van der Waals surface area contributed by atoms with Crippen molar-refractivity contribution in [3.8, 4) is 16.9 Å². The van der Waals surface area contributed by atoms with E-state index in [1.807, 2.05) is 30.3 Å². The summed E-state index contributed by atoms with van der Waals surface area (Å²) in [6.45, 7) is 0.605. The van der Waals surface area contributed by atoms with Gasteiger partial charge < -0.3 is 9.47 Å². The first-order valence-corrected chi connectivity index (χ1v) is 7.39. The predicted octanol–water partition coefficient (Wildman–Crippen LogP) is 2.79. The SMILES string of the molecule is COC(=O)c1cccc(-c2cc(Cn3cncn3)ccc2OC)c1. The minimum atomic E-state index is -0.366. The highest BCUT2D eigenvalue weighted by Crippen LogP contribution is 2.31. The van der Waals surface area contributed by atoms with Crippen molar-refractivity contribution >= 4 is 5.97 Å². The van der Waals surface area contributed by atoms with Crippen molar-refractivity contribution in [1.29, 1.82) is 0 Å². The lowest BCUT2D eigenvalue weighted by Crippen LogP contribution is -2.02. The molecule has 0 unspecified atom stereocenters. The number of benzene rings is 2. The first-order valence-electron chi connectivity index (χ1n) is 7.39. The third kappa shape index (κ3) is 3.27. The van der Waals surface area contributed by atoms with Crippen molar-refractivity contribution < 1.29 is 14.3 Å². The lowest BCUT2D eigenvalue weighted by Gasteiger charge is -2.12. The van der Waals surface area contributed by atoms with E-state index in [0.29, 0.717) is 12.1 Å². The van der Waals surface area contributed by atoms with Crippen molar-refractivity contribution in [2.45, 2.75) is 6.54 Å². The highest BCUT2D eigenvalue weighted by atomic mass is 16.5. The number of aromatic nitrogens is 3. The monoisotopic (exact) mass is 323 g/mol. The second-order valence-electron chi connectivity index (χ2n) is 5.20. The Morgan fingerprint density at radius 2 is 2.04 bits per heavy atom. The van der Waals surface area contributed by atoms with E-state index >= 15 is 0 Å². The summed E-state index contributed by atoms with van der Waals surface area (Å²) >= 11 is 0. The van der Waals surface area contributed by atoms with Gasteiger partial charge in [0, 0.05) is 5.56 Å². The molecule has 1 heterocycles. The highest BCUT2D eigenvalue weighted by molar-refractivity contribution is 5.91. The van der Waals surface area contributed by atoms with Gasteiger partial charge in [0.25, 0.3) is 0 Å². The van der Waals surface area contributed by atoms with E-state index in [9.17, 15) is 4.79 Å². The van der Waals surface area contributed by atoms with Crippen molar-refractivity contribution in [3.05, 3.63) is 66.2 Å². The highest BCUT2D eigenvalue weighted by Gasteiger charge is 2.11. The molecule has 0 bridgehead atoms. The zero-order valence-corrected chi connectivity index (χ0v) is 13.5. The fraction of sp³-hybridized carbons (Fsp3) is 0.167. The summed E-state index contributed by atoms with van der Waals surface area (Å²) in [5.74, 6) is 0.369. The lowest BCUT2D eigenvalue weighted by molar-refractivity contribution is 0.0601. The molecule has 0 radical (unpaired) electrons. The maximum atomic E-state index is 11.8. The van der Waals surface area contributed by atoms with Crippen LogP contribution >= 0.6 is 0 Å². The largest absolute Gasteiger partial charge is 0.496 e. The van der Waals surface area contributed by atoms with Gasteiger partial charge in [0.15, 0.2) is 0 Å². The summed E-state index contributed by atoms with van der Waals surface area (Å²) in [5.41, 5.74) is 3.34. The van der Waals surface area contributed by atoms with Crippen LogP contribution in [0.3, 0.4) is 0 Å². The molecule has 0 saturated heterocycles. The van der Waals surface area contributed by atoms with Crippen LogP contribution in [0.2, 0.25) is 0 Å². The molecule has 0 atom stereocenters. The number of rotatable bonds is 5. The van der Waals surface area contributed by atoms with Gasteiger partial charge >= 0.3 is 5.97 Å². The van der Waals surface area contributed by atoms with Gasteiger partial charge in [-0.1, -0.05) is 18.2 Å². The van der Waals surface area contributed by atoms with Crippen LogP contribution in [0.25, 0.3) is 11.1 Å². The van der Waals surface area contributed by atoms with Gasteiger partial charge in [-0.3, -0.25) is 0 Å². The molecular formula is C18H17N3O3. The Balaban J connectivity index is 2.00. The molecule has 0 N–H and O–H groups in total. The van der Waals surface area contributed by atoms with E-state index in [1.54, 1.807) is 30.3 Å². The van der Waals surface area contributed by atoms with Crippen molar-refractivity contribution in [2.75, 3.05) is 14.2 Å². The standard InChI is InChI=1S/C18H17N3O3/c1-23-17-7-6-13(10-21-12-19-11-20-21)8-16(17)14-4-3-5-15(9-14)18(22)24-2/h3-9,11-12H,10H2,1-2H3. The molecule has 6 heteroatoms. The first-order chi connectivity index (χ1) is 11.7. The van der Waals surface area contributed by atoms with Crippen LogP contribution in [-0.2, 0) is 11.3 Å². The number of ether oxygens (including phenoxy) is 2. The number of carbonyl (C=O) groups excluding carboxylic acids is 1. The van der Waals surface area contributed by atoms with Crippen LogP contribution in [0, 0.1) is 0 Å².